The number of carbonyl (C=O) groups excluding carboxylic acids is 1. The fourth-order valence-corrected chi connectivity index (χ4v) is 1.91. The van der Waals surface area contributed by atoms with Gasteiger partial charge in [-0.2, -0.15) is 0 Å². The molecule has 14 heavy (non-hydrogen) atoms. The summed E-state index contributed by atoms with van der Waals surface area (Å²) in [5, 5.41) is 0.118. The van der Waals surface area contributed by atoms with Gasteiger partial charge in [0.15, 0.2) is 0 Å². The number of esters is 1. The summed E-state index contributed by atoms with van der Waals surface area (Å²) in [6.45, 7) is 7.38. The average molecular weight is 218 g/mol. The Hall–Kier alpha value is -0.640. The summed E-state index contributed by atoms with van der Waals surface area (Å²) >= 11 is 0. The number of hydrogen-bond acceptors (Lipinski definition) is 3. The highest BCUT2D eigenvalue weighted by atomic mass is 32.2. The first-order valence-corrected chi connectivity index (χ1v) is 6.26. The zero-order chi connectivity index (χ0) is 11.1. The molecule has 0 aliphatic rings. The summed E-state index contributed by atoms with van der Waals surface area (Å²) in [6, 6.07) is 0. The molecule has 82 valence electrons. The Bertz CT molecular complexity index is 236. The molecule has 0 radical (unpaired) electrons. The lowest BCUT2D eigenvalue weighted by Gasteiger charge is -2.11. The minimum atomic E-state index is -0.843. The predicted octanol–water partition coefficient (Wildman–Crippen LogP) is 1.65. The van der Waals surface area contributed by atoms with E-state index in [2.05, 4.69) is 6.58 Å². The third-order valence-corrected chi connectivity index (χ3v) is 3.45. The van der Waals surface area contributed by atoms with Crippen LogP contribution in [-0.2, 0) is 20.3 Å². The number of carbonyl (C=O) groups is 1. The van der Waals surface area contributed by atoms with Gasteiger partial charge in [-0.3, -0.25) is 4.21 Å². The first kappa shape index (κ1) is 13.4. The highest BCUT2D eigenvalue weighted by Crippen LogP contribution is 2.06. The second kappa shape index (κ2) is 6.76. The molecule has 0 aliphatic heterocycles. The molecule has 0 aliphatic carbocycles. The van der Waals surface area contributed by atoms with Gasteiger partial charge in [0.25, 0.3) is 0 Å². The summed E-state index contributed by atoms with van der Waals surface area (Å²) in [6.07, 6.45) is 3.17. The van der Waals surface area contributed by atoms with Crippen molar-refractivity contribution in [2.24, 2.45) is 0 Å². The van der Waals surface area contributed by atoms with Crippen LogP contribution in [0.4, 0.5) is 0 Å². The smallest absolute Gasteiger partial charge is 0.333 e. The quantitative estimate of drug-likeness (QED) is 0.503. The van der Waals surface area contributed by atoms with E-state index in [1.807, 2.05) is 6.92 Å². The second-order valence-corrected chi connectivity index (χ2v) is 4.90. The van der Waals surface area contributed by atoms with Gasteiger partial charge in [-0.25, -0.2) is 4.79 Å². The van der Waals surface area contributed by atoms with Crippen molar-refractivity contribution in [3.8, 4) is 0 Å². The van der Waals surface area contributed by atoms with Gasteiger partial charge in [-0.05, 0) is 19.8 Å². The van der Waals surface area contributed by atoms with Gasteiger partial charge in [-0.1, -0.05) is 13.5 Å². The molecule has 0 amide bonds. The second-order valence-electron chi connectivity index (χ2n) is 3.23. The molecule has 0 saturated heterocycles. The van der Waals surface area contributed by atoms with Crippen molar-refractivity contribution in [1.29, 1.82) is 0 Å². The van der Waals surface area contributed by atoms with Crippen molar-refractivity contribution < 1.29 is 13.7 Å². The Morgan fingerprint density at radius 2 is 2.14 bits per heavy atom. The van der Waals surface area contributed by atoms with E-state index in [-0.39, 0.29) is 11.2 Å². The number of rotatable bonds is 6. The standard InChI is InChI=1S/C10H18O3S/c1-5-9(14(4)12)6-7-13-10(11)8(2)3/h9H,2,5-7H2,1,3-4H3. The van der Waals surface area contributed by atoms with E-state index >= 15 is 0 Å². The van der Waals surface area contributed by atoms with E-state index in [0.29, 0.717) is 18.6 Å². The molecule has 0 N–H and O–H groups in total. The molecule has 0 heterocycles. The van der Waals surface area contributed by atoms with Crippen LogP contribution in [0.25, 0.3) is 0 Å². The largest absolute Gasteiger partial charge is 0.462 e. The minimum absolute atomic E-state index is 0.118. The monoisotopic (exact) mass is 218 g/mol. The van der Waals surface area contributed by atoms with E-state index in [1.165, 1.54) is 0 Å². The third-order valence-electron chi connectivity index (χ3n) is 1.95. The molecular formula is C10H18O3S. The molecule has 4 heteroatoms. The van der Waals surface area contributed by atoms with Crippen LogP contribution in [0, 0.1) is 0 Å². The minimum Gasteiger partial charge on any atom is -0.462 e. The molecule has 0 aromatic carbocycles. The lowest BCUT2D eigenvalue weighted by Crippen LogP contribution is -2.17. The van der Waals surface area contributed by atoms with E-state index < -0.39 is 10.8 Å². The number of hydrogen-bond donors (Lipinski definition) is 0. The third kappa shape index (κ3) is 5.17. The normalized spacial score (nSPS) is 14.5. The van der Waals surface area contributed by atoms with Crippen LogP contribution in [0.1, 0.15) is 26.7 Å². The van der Waals surface area contributed by atoms with Crippen molar-refractivity contribution in [1.82, 2.24) is 0 Å². The topological polar surface area (TPSA) is 43.4 Å². The Labute approximate surface area is 88.0 Å². The van der Waals surface area contributed by atoms with E-state index in [0.717, 1.165) is 6.42 Å². The molecule has 0 spiro atoms. The Kier molecular flexibility index (Phi) is 6.45. The zero-order valence-electron chi connectivity index (χ0n) is 9.04. The molecule has 0 rings (SSSR count). The Morgan fingerprint density at radius 1 is 1.57 bits per heavy atom. The maximum Gasteiger partial charge on any atom is 0.333 e. The van der Waals surface area contributed by atoms with Crippen LogP contribution in [0.3, 0.4) is 0 Å². The van der Waals surface area contributed by atoms with Crippen LogP contribution >= 0.6 is 0 Å². The van der Waals surface area contributed by atoms with E-state index in [1.54, 1.807) is 13.2 Å². The lowest BCUT2D eigenvalue weighted by atomic mass is 10.2. The summed E-state index contributed by atoms with van der Waals surface area (Å²) in [5.41, 5.74) is 0.399. The van der Waals surface area contributed by atoms with Crippen molar-refractivity contribution in [3.05, 3.63) is 12.2 Å². The summed E-state index contributed by atoms with van der Waals surface area (Å²) < 4.78 is 16.1. The Morgan fingerprint density at radius 3 is 2.50 bits per heavy atom. The number of ether oxygens (including phenoxy) is 1. The molecule has 0 aromatic heterocycles. The lowest BCUT2D eigenvalue weighted by molar-refractivity contribution is -0.139. The molecule has 0 bridgehead atoms. The first-order chi connectivity index (χ1) is 6.49. The van der Waals surface area contributed by atoms with Crippen LogP contribution in [0.15, 0.2) is 12.2 Å². The molecule has 0 aromatic rings. The molecule has 0 fully saturated rings. The Balaban J connectivity index is 3.77. The van der Waals surface area contributed by atoms with Gasteiger partial charge >= 0.3 is 5.97 Å². The summed E-state index contributed by atoms with van der Waals surface area (Å²) in [5.74, 6) is -0.373. The molecule has 2 atom stereocenters. The molecule has 0 saturated carbocycles. The van der Waals surface area contributed by atoms with Gasteiger partial charge in [-0.15, -0.1) is 0 Å². The van der Waals surface area contributed by atoms with Gasteiger partial charge in [0.1, 0.15) is 0 Å². The predicted molar refractivity (Wildman–Crippen MR) is 58.5 cm³/mol. The van der Waals surface area contributed by atoms with Crippen molar-refractivity contribution in [2.45, 2.75) is 31.9 Å². The van der Waals surface area contributed by atoms with Gasteiger partial charge < -0.3 is 4.74 Å². The van der Waals surface area contributed by atoms with Crippen molar-refractivity contribution in [2.75, 3.05) is 12.9 Å². The highest BCUT2D eigenvalue weighted by Gasteiger charge is 2.11. The molecule has 3 nitrogen and oxygen atoms in total. The SMILES string of the molecule is C=C(C)C(=O)OCCC(CC)S(C)=O. The van der Waals surface area contributed by atoms with E-state index in [4.69, 9.17) is 4.74 Å². The van der Waals surface area contributed by atoms with Crippen LogP contribution in [0.5, 0.6) is 0 Å². The summed E-state index contributed by atoms with van der Waals surface area (Å²) in [7, 11) is -0.843. The van der Waals surface area contributed by atoms with Gasteiger partial charge in [0.2, 0.25) is 0 Å². The van der Waals surface area contributed by atoms with Crippen molar-refractivity contribution >= 4 is 16.8 Å². The van der Waals surface area contributed by atoms with E-state index in [9.17, 15) is 9.00 Å². The first-order valence-electron chi connectivity index (χ1n) is 4.63. The van der Waals surface area contributed by atoms with Gasteiger partial charge in [0.05, 0.1) is 6.61 Å². The van der Waals surface area contributed by atoms with Crippen LogP contribution in [-0.4, -0.2) is 28.3 Å². The van der Waals surface area contributed by atoms with Gasteiger partial charge in [0, 0.05) is 27.9 Å². The highest BCUT2D eigenvalue weighted by molar-refractivity contribution is 7.84. The fourth-order valence-electron chi connectivity index (χ4n) is 1.01. The molecule has 2 unspecified atom stereocenters. The maximum absolute atomic E-state index is 11.1. The van der Waals surface area contributed by atoms with Crippen LogP contribution in [0.2, 0.25) is 0 Å². The van der Waals surface area contributed by atoms with Crippen molar-refractivity contribution in [3.63, 3.8) is 0 Å². The fraction of sp³-hybridized carbons (Fsp3) is 0.700. The zero-order valence-corrected chi connectivity index (χ0v) is 9.86. The average Bonchev–Trinajstić information content (AvgIpc) is 2.11. The maximum atomic E-state index is 11.1. The molecular weight excluding hydrogens is 200 g/mol. The summed E-state index contributed by atoms with van der Waals surface area (Å²) in [4.78, 5) is 11.0. The van der Waals surface area contributed by atoms with Crippen LogP contribution < -0.4 is 0 Å².